The zero-order chi connectivity index (χ0) is 18.7. The van der Waals surface area contributed by atoms with Crippen molar-refractivity contribution in [2.45, 2.75) is 6.54 Å². The van der Waals surface area contributed by atoms with Gasteiger partial charge in [-0.05, 0) is 42.9 Å². The van der Waals surface area contributed by atoms with Crippen molar-refractivity contribution in [3.8, 4) is 5.75 Å². The summed E-state index contributed by atoms with van der Waals surface area (Å²) in [5.41, 5.74) is 2.19. The van der Waals surface area contributed by atoms with E-state index in [1.807, 2.05) is 42.3 Å². The summed E-state index contributed by atoms with van der Waals surface area (Å²) in [5, 5.41) is 0. The monoisotopic (exact) mass is 414 g/mol. The molecule has 1 aliphatic heterocycles. The van der Waals surface area contributed by atoms with Gasteiger partial charge in [-0.3, -0.25) is 19.4 Å². The van der Waals surface area contributed by atoms with Gasteiger partial charge in [-0.15, -0.1) is 0 Å². The van der Waals surface area contributed by atoms with Crippen LogP contribution in [0.1, 0.15) is 15.9 Å². The van der Waals surface area contributed by atoms with Crippen LogP contribution in [0.4, 0.5) is 5.69 Å². The summed E-state index contributed by atoms with van der Waals surface area (Å²) >= 11 is 3.34. The number of benzene rings is 2. The zero-order valence-corrected chi connectivity index (χ0v) is 16.0. The molecule has 2 aromatic carbocycles. The summed E-state index contributed by atoms with van der Waals surface area (Å²) in [4.78, 5) is 28.0. The molecule has 5 nitrogen and oxygen atoms in total. The molecular weight excluding hydrogens is 396 g/mol. The Morgan fingerprint density at radius 3 is 2.62 bits per heavy atom. The smallest absolute Gasteiger partial charge is 0.300 e. The molecular formula is C20H19BrN2O3. The summed E-state index contributed by atoms with van der Waals surface area (Å²) in [6, 6.07) is 13.1. The number of nitrogens with zero attached hydrogens (tertiary/aromatic N) is 2. The van der Waals surface area contributed by atoms with Crippen LogP contribution in [-0.4, -0.2) is 36.9 Å². The molecule has 0 aliphatic carbocycles. The molecule has 0 saturated heterocycles. The van der Waals surface area contributed by atoms with Gasteiger partial charge in [0.05, 0.1) is 17.9 Å². The highest BCUT2D eigenvalue weighted by molar-refractivity contribution is 9.10. The average Bonchev–Trinajstić information content (AvgIpc) is 2.85. The maximum absolute atomic E-state index is 12.3. The minimum absolute atomic E-state index is 0.341. The summed E-state index contributed by atoms with van der Waals surface area (Å²) < 4.78 is 6.26. The van der Waals surface area contributed by atoms with Crippen molar-refractivity contribution in [2.24, 2.45) is 0 Å². The number of hydrogen-bond donors (Lipinski definition) is 0. The Kier molecular flexibility index (Phi) is 5.54. The van der Waals surface area contributed by atoms with E-state index in [9.17, 15) is 9.59 Å². The fraction of sp³-hybridized carbons (Fsp3) is 0.200. The standard InChI is InChI=1S/C20H19BrN2O3/c1-3-10-26-16-7-4-14(5-8-16)12-22(2)13-23-18-9-6-15(21)11-17(18)19(24)20(23)25/h3-9,11H,1,10,12-13H2,2H3. The predicted octanol–water partition coefficient (Wildman–Crippen LogP) is 3.63. The number of halogens is 1. The van der Waals surface area contributed by atoms with Crippen LogP contribution in [0.15, 0.2) is 59.6 Å². The number of carbonyl (C=O) groups is 2. The highest BCUT2D eigenvalue weighted by Gasteiger charge is 2.36. The minimum Gasteiger partial charge on any atom is -0.490 e. The fourth-order valence-corrected chi connectivity index (χ4v) is 3.22. The summed E-state index contributed by atoms with van der Waals surface area (Å²) in [7, 11) is 1.91. The van der Waals surface area contributed by atoms with Gasteiger partial charge in [0.15, 0.2) is 0 Å². The van der Waals surface area contributed by atoms with Crippen LogP contribution in [0.25, 0.3) is 0 Å². The number of rotatable bonds is 7. The lowest BCUT2D eigenvalue weighted by Crippen LogP contribution is -2.38. The quantitative estimate of drug-likeness (QED) is 0.512. The Hall–Kier alpha value is -2.44. The molecule has 0 bridgehead atoms. The van der Waals surface area contributed by atoms with Gasteiger partial charge >= 0.3 is 5.91 Å². The third-order valence-corrected chi connectivity index (χ3v) is 4.55. The second-order valence-corrected chi connectivity index (χ2v) is 7.04. The second-order valence-electron chi connectivity index (χ2n) is 6.12. The topological polar surface area (TPSA) is 49.9 Å². The Bertz CT molecular complexity index is 849. The Morgan fingerprint density at radius 2 is 1.92 bits per heavy atom. The SMILES string of the molecule is C=CCOc1ccc(CN(C)CN2C(=O)C(=O)c3cc(Br)ccc32)cc1. The first kappa shape index (κ1) is 18.4. The van der Waals surface area contributed by atoms with E-state index in [-0.39, 0.29) is 0 Å². The van der Waals surface area contributed by atoms with E-state index in [0.29, 0.717) is 31.1 Å². The van der Waals surface area contributed by atoms with Crippen molar-refractivity contribution < 1.29 is 14.3 Å². The number of carbonyl (C=O) groups excluding carboxylic acids is 2. The van der Waals surface area contributed by atoms with Gasteiger partial charge in [-0.25, -0.2) is 0 Å². The largest absolute Gasteiger partial charge is 0.490 e. The lowest BCUT2D eigenvalue weighted by molar-refractivity contribution is -0.114. The molecule has 0 aromatic heterocycles. The average molecular weight is 415 g/mol. The van der Waals surface area contributed by atoms with Gasteiger partial charge in [0.25, 0.3) is 5.78 Å². The minimum atomic E-state index is -0.488. The first-order chi connectivity index (χ1) is 12.5. The summed E-state index contributed by atoms with van der Waals surface area (Å²) in [6.45, 7) is 5.08. The molecule has 3 rings (SSSR count). The van der Waals surface area contributed by atoms with Crippen molar-refractivity contribution in [3.63, 3.8) is 0 Å². The number of ketones is 1. The lowest BCUT2D eigenvalue weighted by Gasteiger charge is -2.24. The second kappa shape index (κ2) is 7.85. The van der Waals surface area contributed by atoms with E-state index < -0.39 is 11.7 Å². The molecule has 0 radical (unpaired) electrons. The van der Waals surface area contributed by atoms with Crippen LogP contribution >= 0.6 is 15.9 Å². The first-order valence-electron chi connectivity index (χ1n) is 8.16. The van der Waals surface area contributed by atoms with Gasteiger partial charge in [0, 0.05) is 11.0 Å². The van der Waals surface area contributed by atoms with Crippen LogP contribution in [0, 0.1) is 0 Å². The van der Waals surface area contributed by atoms with Crippen LogP contribution in [-0.2, 0) is 11.3 Å². The summed E-state index contributed by atoms with van der Waals surface area (Å²) in [6.07, 6.45) is 1.70. The fourth-order valence-electron chi connectivity index (χ4n) is 2.86. The van der Waals surface area contributed by atoms with Gasteiger partial charge in [-0.1, -0.05) is 40.7 Å². The number of ether oxygens (including phenoxy) is 1. The molecule has 0 fully saturated rings. The van der Waals surface area contributed by atoms with Crippen LogP contribution in [0.2, 0.25) is 0 Å². The van der Waals surface area contributed by atoms with Crippen molar-refractivity contribution >= 4 is 33.3 Å². The molecule has 0 atom stereocenters. The number of anilines is 1. The molecule has 0 spiro atoms. The van der Waals surface area contributed by atoms with E-state index >= 15 is 0 Å². The first-order valence-corrected chi connectivity index (χ1v) is 8.96. The van der Waals surface area contributed by atoms with Crippen LogP contribution < -0.4 is 9.64 Å². The normalized spacial score (nSPS) is 13.3. The molecule has 134 valence electrons. The lowest BCUT2D eigenvalue weighted by atomic mass is 10.1. The third-order valence-electron chi connectivity index (χ3n) is 4.06. The van der Waals surface area contributed by atoms with Gasteiger partial charge in [0.2, 0.25) is 0 Å². The number of amides is 1. The maximum Gasteiger partial charge on any atom is 0.300 e. The van der Waals surface area contributed by atoms with E-state index in [0.717, 1.165) is 15.8 Å². The van der Waals surface area contributed by atoms with E-state index in [2.05, 4.69) is 22.5 Å². The summed E-state index contributed by atoms with van der Waals surface area (Å²) in [5.74, 6) is -0.160. The molecule has 6 heteroatoms. The van der Waals surface area contributed by atoms with Crippen molar-refractivity contribution in [2.75, 3.05) is 25.2 Å². The molecule has 0 unspecified atom stereocenters. The molecule has 0 N–H and O–H groups in total. The predicted molar refractivity (Wildman–Crippen MR) is 104 cm³/mol. The number of fused-ring (bicyclic) bond motifs is 1. The number of hydrogen-bond acceptors (Lipinski definition) is 4. The van der Waals surface area contributed by atoms with Gasteiger partial charge in [-0.2, -0.15) is 0 Å². The van der Waals surface area contributed by atoms with Gasteiger partial charge in [0.1, 0.15) is 12.4 Å². The molecule has 2 aromatic rings. The zero-order valence-electron chi connectivity index (χ0n) is 14.4. The highest BCUT2D eigenvalue weighted by Crippen LogP contribution is 2.31. The Labute approximate surface area is 161 Å². The van der Waals surface area contributed by atoms with Crippen LogP contribution in [0.5, 0.6) is 5.75 Å². The molecule has 1 amide bonds. The van der Waals surface area contributed by atoms with Crippen molar-refractivity contribution in [1.29, 1.82) is 0 Å². The third kappa shape index (κ3) is 3.86. The molecule has 1 heterocycles. The maximum atomic E-state index is 12.3. The highest BCUT2D eigenvalue weighted by atomic mass is 79.9. The van der Waals surface area contributed by atoms with Gasteiger partial charge < -0.3 is 4.74 Å². The molecule has 26 heavy (non-hydrogen) atoms. The Balaban J connectivity index is 1.67. The Morgan fingerprint density at radius 1 is 1.19 bits per heavy atom. The number of Topliss-reactive ketones (excluding diaryl/α,β-unsaturated/α-hetero) is 1. The van der Waals surface area contributed by atoms with E-state index in [1.165, 1.54) is 4.90 Å². The van der Waals surface area contributed by atoms with E-state index in [1.54, 1.807) is 18.2 Å². The van der Waals surface area contributed by atoms with Crippen LogP contribution in [0.3, 0.4) is 0 Å². The molecule has 0 saturated carbocycles. The van der Waals surface area contributed by atoms with Crippen molar-refractivity contribution in [3.05, 3.63) is 70.7 Å². The van der Waals surface area contributed by atoms with E-state index in [4.69, 9.17) is 4.74 Å². The van der Waals surface area contributed by atoms with Crippen molar-refractivity contribution in [1.82, 2.24) is 4.90 Å². The molecule has 1 aliphatic rings.